The van der Waals surface area contributed by atoms with E-state index in [0.29, 0.717) is 42.0 Å². The molecule has 0 saturated heterocycles. The van der Waals surface area contributed by atoms with Crippen LogP contribution in [0, 0.1) is 35.5 Å². The second kappa shape index (κ2) is 20.7. The Bertz CT molecular complexity index is 1300. The normalized spacial score (nSPS) is 18.9. The zero-order valence-electron chi connectivity index (χ0n) is 28.3. The summed E-state index contributed by atoms with van der Waals surface area (Å²) in [5, 5.41) is 22.3. The number of amides is 6. The van der Waals surface area contributed by atoms with Crippen LogP contribution in [0.4, 0.5) is 20.1 Å². The Morgan fingerprint density at radius 3 is 2.20 bits per heavy atom. The molecule has 1 aromatic carbocycles. The molecule has 1 saturated carbocycles. The van der Waals surface area contributed by atoms with Gasteiger partial charge in [0.05, 0.1) is 26.4 Å². The van der Waals surface area contributed by atoms with Gasteiger partial charge in [0.25, 0.3) is 0 Å². The maximum atomic E-state index is 13.2. The van der Waals surface area contributed by atoms with E-state index < -0.39 is 42.1 Å². The Kier molecular flexibility index (Phi) is 16.5. The van der Waals surface area contributed by atoms with E-state index in [4.69, 9.17) is 19.9 Å². The van der Waals surface area contributed by atoms with Crippen LogP contribution in [0.5, 0.6) is 0 Å². The van der Waals surface area contributed by atoms with Gasteiger partial charge in [0.2, 0.25) is 11.8 Å². The number of nitrogens with two attached hydrogens (primary N) is 1. The Balaban J connectivity index is 1.35. The topological polar surface area (TPSA) is 219 Å². The van der Waals surface area contributed by atoms with Crippen molar-refractivity contribution in [3.05, 3.63) is 29.8 Å². The summed E-state index contributed by atoms with van der Waals surface area (Å²) in [7, 11) is 0. The van der Waals surface area contributed by atoms with E-state index in [1.54, 1.807) is 38.1 Å². The Morgan fingerprint density at radius 1 is 0.878 bits per heavy atom. The van der Waals surface area contributed by atoms with Gasteiger partial charge in [-0.1, -0.05) is 26.0 Å². The molecule has 1 unspecified atom stereocenters. The summed E-state index contributed by atoms with van der Waals surface area (Å²) in [6.45, 7) is 4.31. The number of alkyl carbamates (subject to hydrolysis) is 2. The monoisotopic (exact) mass is 686 g/mol. The molecule has 1 aromatic rings. The van der Waals surface area contributed by atoms with Gasteiger partial charge < -0.3 is 51.6 Å². The predicted octanol–water partition coefficient (Wildman–Crippen LogP) is 1.98. The number of rotatable bonds is 19. The number of urea groups is 1. The van der Waals surface area contributed by atoms with E-state index in [-0.39, 0.29) is 51.9 Å². The number of anilines is 1. The van der Waals surface area contributed by atoms with Gasteiger partial charge in [-0.3, -0.25) is 9.59 Å². The molecule has 0 aliphatic heterocycles. The van der Waals surface area contributed by atoms with Crippen molar-refractivity contribution in [3.8, 4) is 11.8 Å². The number of carbonyl (C=O) groups excluding carboxylic acids is 5. The van der Waals surface area contributed by atoms with Crippen molar-refractivity contribution in [2.75, 3.05) is 44.8 Å². The van der Waals surface area contributed by atoms with Crippen molar-refractivity contribution >= 4 is 35.7 Å². The molecular weight excluding hydrogens is 636 g/mol. The fraction of sp³-hybridized carbons (Fsp3) is 0.618. The molecular formula is C34H50N6O9. The van der Waals surface area contributed by atoms with Crippen molar-refractivity contribution in [2.24, 2.45) is 29.4 Å². The van der Waals surface area contributed by atoms with E-state index in [1.165, 1.54) is 0 Å². The van der Waals surface area contributed by atoms with Gasteiger partial charge in [-0.15, -0.1) is 11.8 Å². The SMILES string of the molecule is CC(C)[C@H](NC(=O)OCCOCCNC(=O)OCC1[C@H]2CCC#CCC[C@@H]12)C(=O)N[C@@H](CCCNC(N)=O)C(=O)Nc1ccc(CO)cc1. The molecule has 2 aliphatic carbocycles. The molecule has 0 aromatic heterocycles. The van der Waals surface area contributed by atoms with Gasteiger partial charge in [-0.25, -0.2) is 14.4 Å². The fourth-order valence-corrected chi connectivity index (χ4v) is 5.70. The lowest BCUT2D eigenvalue weighted by Gasteiger charge is -2.25. The van der Waals surface area contributed by atoms with E-state index in [9.17, 15) is 29.1 Å². The second-order valence-corrected chi connectivity index (χ2v) is 12.4. The van der Waals surface area contributed by atoms with Gasteiger partial charge in [-0.2, -0.15) is 0 Å². The van der Waals surface area contributed by atoms with Gasteiger partial charge in [0, 0.05) is 31.6 Å². The first-order valence-electron chi connectivity index (χ1n) is 16.8. The van der Waals surface area contributed by atoms with Crippen LogP contribution >= 0.6 is 0 Å². The number of ether oxygens (including phenoxy) is 3. The van der Waals surface area contributed by atoms with Crippen LogP contribution in [0.2, 0.25) is 0 Å². The molecule has 15 nitrogen and oxygen atoms in total. The smallest absolute Gasteiger partial charge is 0.407 e. The minimum Gasteiger partial charge on any atom is -0.449 e. The molecule has 15 heteroatoms. The van der Waals surface area contributed by atoms with Crippen molar-refractivity contribution in [1.29, 1.82) is 0 Å². The summed E-state index contributed by atoms with van der Waals surface area (Å²) in [5.41, 5.74) is 6.25. The molecule has 6 amide bonds. The van der Waals surface area contributed by atoms with Crippen molar-refractivity contribution in [2.45, 2.75) is 71.1 Å². The number of hydrogen-bond donors (Lipinski definition) is 7. The molecule has 49 heavy (non-hydrogen) atoms. The molecule has 5 atom stereocenters. The van der Waals surface area contributed by atoms with Crippen LogP contribution in [-0.2, 0) is 30.4 Å². The van der Waals surface area contributed by atoms with Gasteiger partial charge in [0.15, 0.2) is 0 Å². The van der Waals surface area contributed by atoms with Crippen molar-refractivity contribution in [3.63, 3.8) is 0 Å². The highest BCUT2D eigenvalue weighted by Gasteiger charge is 2.49. The third-order valence-electron chi connectivity index (χ3n) is 8.45. The molecule has 8 N–H and O–H groups in total. The quantitative estimate of drug-likeness (QED) is 0.0835. The van der Waals surface area contributed by atoms with E-state index in [0.717, 1.165) is 25.7 Å². The third kappa shape index (κ3) is 14.2. The number of nitrogens with one attached hydrogen (secondary N) is 5. The molecule has 1 fully saturated rings. The zero-order chi connectivity index (χ0) is 35.6. The predicted molar refractivity (Wildman–Crippen MR) is 180 cm³/mol. The molecule has 0 heterocycles. The number of aliphatic hydroxyl groups excluding tert-OH is 1. The Hall–Kier alpha value is -4.55. The van der Waals surface area contributed by atoms with E-state index in [1.807, 2.05) is 0 Å². The first-order chi connectivity index (χ1) is 23.6. The van der Waals surface area contributed by atoms with Crippen LogP contribution in [0.25, 0.3) is 0 Å². The summed E-state index contributed by atoms with van der Waals surface area (Å²) in [4.78, 5) is 61.9. The molecule has 2 aliphatic rings. The maximum absolute atomic E-state index is 13.2. The standard InChI is InChI=1S/C34H50N6O9/c1-22(2)29(31(43)39-28(10-7-15-36-32(35)44)30(42)38-24-13-11-23(20-41)12-14-24)40-34(46)48-19-18-47-17-16-37-33(45)49-21-27-25-8-5-3-4-6-9-26(25)27/h11-14,22,25-29,41H,5-10,15-21H2,1-2H3,(H,37,45)(H,38,42)(H,39,43)(H,40,46)(H3,35,36,44)/t25-,26+,27?,28-,29-/m0/s1. The Morgan fingerprint density at radius 2 is 1.57 bits per heavy atom. The highest BCUT2D eigenvalue weighted by atomic mass is 16.6. The molecule has 0 bridgehead atoms. The summed E-state index contributed by atoms with van der Waals surface area (Å²) in [5.74, 6) is 6.49. The van der Waals surface area contributed by atoms with Crippen LogP contribution in [0.15, 0.2) is 24.3 Å². The molecule has 0 radical (unpaired) electrons. The molecule has 0 spiro atoms. The van der Waals surface area contributed by atoms with Gasteiger partial charge in [-0.05, 0) is 67.1 Å². The number of aliphatic hydroxyl groups is 1. The molecule has 270 valence electrons. The van der Waals surface area contributed by atoms with E-state index in [2.05, 4.69) is 38.4 Å². The number of carbonyl (C=O) groups is 5. The summed E-state index contributed by atoms with van der Waals surface area (Å²) in [6.07, 6.45) is 3.11. The zero-order valence-corrected chi connectivity index (χ0v) is 28.3. The van der Waals surface area contributed by atoms with Gasteiger partial charge in [0.1, 0.15) is 18.7 Å². The van der Waals surface area contributed by atoms with Crippen LogP contribution in [-0.4, -0.2) is 86.7 Å². The van der Waals surface area contributed by atoms with Crippen molar-refractivity contribution < 1.29 is 43.3 Å². The fourth-order valence-electron chi connectivity index (χ4n) is 5.70. The minimum absolute atomic E-state index is 0.0665. The average Bonchev–Trinajstić information content (AvgIpc) is 3.71. The van der Waals surface area contributed by atoms with Crippen LogP contribution in [0.1, 0.15) is 57.9 Å². The highest BCUT2D eigenvalue weighted by Crippen LogP contribution is 2.52. The largest absolute Gasteiger partial charge is 0.449 e. The summed E-state index contributed by atoms with van der Waals surface area (Å²) >= 11 is 0. The highest BCUT2D eigenvalue weighted by molar-refractivity contribution is 5.98. The summed E-state index contributed by atoms with van der Waals surface area (Å²) < 4.78 is 16.0. The van der Waals surface area contributed by atoms with Crippen LogP contribution in [0.3, 0.4) is 0 Å². The summed E-state index contributed by atoms with van der Waals surface area (Å²) in [6, 6.07) is 3.83. The first kappa shape index (κ1) is 38.9. The lowest BCUT2D eigenvalue weighted by atomic mass is 10.0. The Labute approximate surface area is 287 Å². The van der Waals surface area contributed by atoms with Crippen LogP contribution < -0.4 is 32.3 Å². The number of benzene rings is 1. The average molecular weight is 687 g/mol. The lowest BCUT2D eigenvalue weighted by molar-refractivity contribution is -0.128. The lowest BCUT2D eigenvalue weighted by Crippen LogP contribution is -2.54. The number of hydrogen-bond acceptors (Lipinski definition) is 9. The molecule has 3 rings (SSSR count). The second-order valence-electron chi connectivity index (χ2n) is 12.4. The number of fused-ring (bicyclic) bond motifs is 1. The van der Waals surface area contributed by atoms with Gasteiger partial charge >= 0.3 is 18.2 Å². The minimum atomic E-state index is -1.02. The number of primary amides is 1. The van der Waals surface area contributed by atoms with E-state index >= 15 is 0 Å². The first-order valence-corrected chi connectivity index (χ1v) is 16.8. The van der Waals surface area contributed by atoms with Crippen molar-refractivity contribution in [1.82, 2.24) is 21.3 Å². The maximum Gasteiger partial charge on any atom is 0.407 e. The third-order valence-corrected chi connectivity index (χ3v) is 8.45.